The van der Waals surface area contributed by atoms with Gasteiger partial charge in [-0.25, -0.2) is 4.98 Å². The molecule has 0 radical (unpaired) electrons. The number of ether oxygens (including phenoxy) is 1. The van der Waals surface area contributed by atoms with Gasteiger partial charge in [-0.05, 0) is 24.2 Å². The molecule has 2 aliphatic rings. The van der Waals surface area contributed by atoms with Crippen molar-refractivity contribution in [1.82, 2.24) is 14.5 Å². The molecule has 1 aromatic rings. The van der Waals surface area contributed by atoms with Gasteiger partial charge in [-0.3, -0.25) is 4.79 Å². The molecule has 2 heterocycles. The van der Waals surface area contributed by atoms with Gasteiger partial charge in [0.25, 0.3) is 0 Å². The van der Waals surface area contributed by atoms with Gasteiger partial charge in [0.1, 0.15) is 0 Å². The predicted octanol–water partition coefficient (Wildman–Crippen LogP) is 2.18. The van der Waals surface area contributed by atoms with Crippen LogP contribution in [0, 0.1) is 16.7 Å². The fraction of sp³-hybridized carbons (Fsp3) is 0.765. The number of amides is 1. The van der Waals surface area contributed by atoms with E-state index in [1.165, 1.54) is 0 Å². The minimum absolute atomic E-state index is 0.207. The Morgan fingerprint density at radius 3 is 2.91 bits per heavy atom. The Morgan fingerprint density at radius 1 is 1.45 bits per heavy atom. The van der Waals surface area contributed by atoms with Crippen molar-refractivity contribution in [3.05, 3.63) is 18.7 Å². The molecule has 3 rings (SSSR count). The summed E-state index contributed by atoms with van der Waals surface area (Å²) in [5, 5.41) is 0. The first-order valence-electron chi connectivity index (χ1n) is 8.19. The molecule has 0 spiro atoms. The van der Waals surface area contributed by atoms with Crippen LogP contribution in [0.25, 0.3) is 0 Å². The van der Waals surface area contributed by atoms with Crippen molar-refractivity contribution in [2.75, 3.05) is 26.8 Å². The second-order valence-corrected chi connectivity index (χ2v) is 7.69. The number of carbonyl (C=O) groups excluding carboxylic acids is 1. The summed E-state index contributed by atoms with van der Waals surface area (Å²) >= 11 is 0. The zero-order valence-electron chi connectivity index (χ0n) is 13.9. The van der Waals surface area contributed by atoms with E-state index in [-0.39, 0.29) is 5.41 Å². The normalized spacial score (nSPS) is 29.2. The fourth-order valence-corrected chi connectivity index (χ4v) is 4.79. The van der Waals surface area contributed by atoms with Crippen LogP contribution in [0.5, 0.6) is 0 Å². The highest BCUT2D eigenvalue weighted by Gasteiger charge is 2.63. The van der Waals surface area contributed by atoms with Gasteiger partial charge < -0.3 is 14.2 Å². The largest absolute Gasteiger partial charge is 0.384 e. The van der Waals surface area contributed by atoms with E-state index in [4.69, 9.17) is 4.74 Å². The lowest BCUT2D eigenvalue weighted by Gasteiger charge is -2.56. The number of rotatable bonds is 6. The van der Waals surface area contributed by atoms with Crippen LogP contribution in [-0.4, -0.2) is 47.2 Å². The third kappa shape index (κ3) is 2.67. The van der Waals surface area contributed by atoms with Crippen LogP contribution < -0.4 is 0 Å². The highest BCUT2D eigenvalue weighted by Crippen LogP contribution is 2.62. The van der Waals surface area contributed by atoms with Gasteiger partial charge in [0.2, 0.25) is 5.91 Å². The van der Waals surface area contributed by atoms with E-state index in [0.717, 1.165) is 39.1 Å². The van der Waals surface area contributed by atoms with Crippen LogP contribution in [0.1, 0.15) is 33.1 Å². The van der Waals surface area contributed by atoms with Crippen molar-refractivity contribution in [2.24, 2.45) is 16.7 Å². The topological polar surface area (TPSA) is 47.4 Å². The Labute approximate surface area is 132 Å². The molecule has 0 unspecified atom stereocenters. The fourth-order valence-electron chi connectivity index (χ4n) is 4.79. The number of nitrogens with zero attached hydrogens (tertiary/aromatic N) is 3. The van der Waals surface area contributed by atoms with Gasteiger partial charge in [-0.15, -0.1) is 0 Å². The number of likely N-dealkylation sites (tertiary alicyclic amines) is 1. The first-order valence-corrected chi connectivity index (χ1v) is 8.19. The Balaban J connectivity index is 1.53. The number of fused-ring (bicyclic) bond motifs is 1. The molecule has 0 N–H and O–H groups in total. The second-order valence-electron chi connectivity index (χ2n) is 7.69. The summed E-state index contributed by atoms with van der Waals surface area (Å²) in [5.41, 5.74) is 0.544. The zero-order valence-corrected chi connectivity index (χ0v) is 13.9. The number of carbonyl (C=O) groups is 1. The van der Waals surface area contributed by atoms with Crippen molar-refractivity contribution in [3.63, 3.8) is 0 Å². The quantitative estimate of drug-likeness (QED) is 0.809. The van der Waals surface area contributed by atoms with Gasteiger partial charge in [0.15, 0.2) is 0 Å². The SMILES string of the molecule is COC[C@@]12CN(C(=O)CCCn3ccnc3)C[C@@H]1C(C)(C)C2. The molecule has 1 aliphatic carbocycles. The maximum absolute atomic E-state index is 12.5. The molecule has 1 saturated carbocycles. The minimum atomic E-state index is 0.207. The van der Waals surface area contributed by atoms with E-state index in [1.54, 1.807) is 19.6 Å². The molecular formula is C17H27N3O2. The van der Waals surface area contributed by atoms with E-state index in [9.17, 15) is 4.79 Å². The monoisotopic (exact) mass is 305 g/mol. The van der Waals surface area contributed by atoms with Crippen molar-refractivity contribution in [1.29, 1.82) is 0 Å². The van der Waals surface area contributed by atoms with E-state index >= 15 is 0 Å². The third-order valence-corrected chi connectivity index (χ3v) is 5.55. The van der Waals surface area contributed by atoms with Gasteiger partial charge in [0.05, 0.1) is 12.9 Å². The van der Waals surface area contributed by atoms with Crippen molar-refractivity contribution in [2.45, 2.75) is 39.7 Å². The highest BCUT2D eigenvalue weighted by atomic mass is 16.5. The van der Waals surface area contributed by atoms with Crippen molar-refractivity contribution < 1.29 is 9.53 Å². The molecule has 5 heteroatoms. The number of methoxy groups -OCH3 is 1. The van der Waals surface area contributed by atoms with Gasteiger partial charge in [-0.1, -0.05) is 13.8 Å². The molecule has 1 saturated heterocycles. The molecule has 2 fully saturated rings. The number of hydrogen-bond acceptors (Lipinski definition) is 3. The van der Waals surface area contributed by atoms with E-state index in [1.807, 2.05) is 10.8 Å². The van der Waals surface area contributed by atoms with E-state index < -0.39 is 0 Å². The molecule has 1 aromatic heterocycles. The minimum Gasteiger partial charge on any atom is -0.384 e. The lowest BCUT2D eigenvalue weighted by molar-refractivity contribution is -0.131. The molecule has 0 bridgehead atoms. The van der Waals surface area contributed by atoms with Gasteiger partial charge in [-0.2, -0.15) is 0 Å². The predicted molar refractivity (Wildman–Crippen MR) is 84.2 cm³/mol. The standard InChI is InChI=1S/C17H27N3O2/c1-16(2)10-17(12-22-3)11-20(9-14(16)17)15(21)5-4-7-19-8-6-18-13-19/h6,8,13-14H,4-5,7,9-12H2,1-3H3/t14-,17-/m1/s1. The van der Waals surface area contributed by atoms with Crippen LogP contribution in [0.3, 0.4) is 0 Å². The summed E-state index contributed by atoms with van der Waals surface area (Å²) in [6, 6.07) is 0. The summed E-state index contributed by atoms with van der Waals surface area (Å²) in [6.07, 6.45) is 8.17. The smallest absolute Gasteiger partial charge is 0.222 e. The maximum atomic E-state index is 12.5. The molecule has 1 aliphatic heterocycles. The molecule has 2 atom stereocenters. The van der Waals surface area contributed by atoms with Crippen molar-refractivity contribution >= 4 is 5.91 Å². The van der Waals surface area contributed by atoms with Gasteiger partial charge >= 0.3 is 0 Å². The van der Waals surface area contributed by atoms with Gasteiger partial charge in [0, 0.05) is 51.0 Å². The average Bonchev–Trinajstić information content (AvgIpc) is 3.05. The second kappa shape index (κ2) is 5.69. The van der Waals surface area contributed by atoms with Crippen LogP contribution >= 0.6 is 0 Å². The van der Waals surface area contributed by atoms with Crippen LogP contribution in [0.4, 0.5) is 0 Å². The van der Waals surface area contributed by atoms with Crippen LogP contribution in [-0.2, 0) is 16.1 Å². The first kappa shape index (κ1) is 15.5. The summed E-state index contributed by atoms with van der Waals surface area (Å²) in [4.78, 5) is 18.6. The van der Waals surface area contributed by atoms with E-state index in [2.05, 4.69) is 23.7 Å². The number of aromatic nitrogens is 2. The van der Waals surface area contributed by atoms with Crippen LogP contribution in [0.15, 0.2) is 18.7 Å². The first-order chi connectivity index (χ1) is 10.5. The van der Waals surface area contributed by atoms with E-state index in [0.29, 0.717) is 23.7 Å². The Morgan fingerprint density at radius 2 is 2.27 bits per heavy atom. The molecular weight excluding hydrogens is 278 g/mol. The Bertz CT molecular complexity index is 526. The summed E-state index contributed by atoms with van der Waals surface area (Å²) in [6.45, 7) is 8.05. The Hall–Kier alpha value is -1.36. The number of imidazole rings is 1. The zero-order chi connectivity index (χ0) is 15.8. The number of hydrogen-bond donors (Lipinski definition) is 0. The summed E-state index contributed by atoms with van der Waals surface area (Å²) in [7, 11) is 1.77. The summed E-state index contributed by atoms with van der Waals surface area (Å²) in [5.74, 6) is 0.873. The third-order valence-electron chi connectivity index (χ3n) is 5.55. The van der Waals surface area contributed by atoms with Crippen LogP contribution in [0.2, 0.25) is 0 Å². The lowest BCUT2D eigenvalue weighted by atomic mass is 9.48. The molecule has 122 valence electrons. The summed E-state index contributed by atoms with van der Waals surface area (Å²) < 4.78 is 7.48. The maximum Gasteiger partial charge on any atom is 0.222 e. The Kier molecular flexibility index (Phi) is 4.02. The lowest BCUT2D eigenvalue weighted by Crippen LogP contribution is -2.55. The molecule has 22 heavy (non-hydrogen) atoms. The number of aryl methyl sites for hydroxylation is 1. The molecule has 1 amide bonds. The highest BCUT2D eigenvalue weighted by molar-refractivity contribution is 5.76. The molecule has 5 nitrogen and oxygen atoms in total. The molecule has 0 aromatic carbocycles. The van der Waals surface area contributed by atoms with Crippen molar-refractivity contribution in [3.8, 4) is 0 Å². The average molecular weight is 305 g/mol.